The highest BCUT2D eigenvalue weighted by Gasteiger charge is 2.52. The highest BCUT2D eigenvalue weighted by atomic mass is 79.9. The Kier molecular flexibility index (Phi) is 4.45. The van der Waals surface area contributed by atoms with Gasteiger partial charge < -0.3 is 4.74 Å². The van der Waals surface area contributed by atoms with Gasteiger partial charge >= 0.3 is 0 Å². The maximum absolute atomic E-state index is 5.98. The Morgan fingerprint density at radius 1 is 1.36 bits per heavy atom. The van der Waals surface area contributed by atoms with Crippen LogP contribution in [0.5, 0.6) is 0 Å². The minimum atomic E-state index is 0.412. The zero-order valence-electron chi connectivity index (χ0n) is 9.85. The maximum Gasteiger partial charge on any atom is 0.0652 e. The van der Waals surface area contributed by atoms with Crippen molar-refractivity contribution >= 4 is 15.9 Å². The van der Waals surface area contributed by atoms with Gasteiger partial charge in [-0.3, -0.25) is 0 Å². The fraction of sp³-hybridized carbons (Fsp3) is 1.00. The quantitative estimate of drug-likeness (QED) is 0.681. The van der Waals surface area contributed by atoms with Crippen molar-refractivity contribution in [3.8, 4) is 0 Å². The normalized spacial score (nSPS) is 30.4. The number of rotatable bonds is 5. The van der Waals surface area contributed by atoms with Crippen LogP contribution in [0.2, 0.25) is 0 Å². The van der Waals surface area contributed by atoms with Gasteiger partial charge in [-0.2, -0.15) is 0 Å². The molecule has 2 atom stereocenters. The van der Waals surface area contributed by atoms with Crippen LogP contribution < -0.4 is 0 Å². The lowest BCUT2D eigenvalue weighted by Crippen LogP contribution is -2.55. The van der Waals surface area contributed by atoms with E-state index in [9.17, 15) is 0 Å². The van der Waals surface area contributed by atoms with Crippen LogP contribution in [0.15, 0.2) is 0 Å². The predicted molar refractivity (Wildman–Crippen MR) is 64.9 cm³/mol. The lowest BCUT2D eigenvalue weighted by atomic mass is 9.62. The fourth-order valence-corrected chi connectivity index (χ4v) is 3.67. The van der Waals surface area contributed by atoms with Gasteiger partial charge in [-0.1, -0.05) is 43.6 Å². The molecule has 0 bridgehead atoms. The summed E-state index contributed by atoms with van der Waals surface area (Å²) in [5.41, 5.74) is 0.412. The molecule has 0 aromatic carbocycles. The van der Waals surface area contributed by atoms with Gasteiger partial charge in [0.2, 0.25) is 0 Å². The molecule has 1 saturated carbocycles. The molecule has 0 saturated heterocycles. The highest BCUT2D eigenvalue weighted by molar-refractivity contribution is 9.09. The molecule has 0 aliphatic heterocycles. The van der Waals surface area contributed by atoms with Crippen molar-refractivity contribution < 1.29 is 4.74 Å². The monoisotopic (exact) mass is 262 g/mol. The van der Waals surface area contributed by atoms with E-state index in [0.29, 0.717) is 22.3 Å². The Labute approximate surface area is 96.7 Å². The third-order valence-corrected chi connectivity index (χ3v) is 4.92. The van der Waals surface area contributed by atoms with Gasteiger partial charge in [0.25, 0.3) is 0 Å². The van der Waals surface area contributed by atoms with Gasteiger partial charge in [0.1, 0.15) is 0 Å². The van der Waals surface area contributed by atoms with E-state index in [1.165, 1.54) is 19.3 Å². The summed E-state index contributed by atoms with van der Waals surface area (Å²) in [7, 11) is 0. The molecule has 0 heterocycles. The van der Waals surface area contributed by atoms with E-state index in [4.69, 9.17) is 4.74 Å². The second-order valence-electron chi connectivity index (χ2n) is 4.86. The van der Waals surface area contributed by atoms with Crippen LogP contribution in [0.4, 0.5) is 0 Å². The first-order valence-electron chi connectivity index (χ1n) is 5.82. The summed E-state index contributed by atoms with van der Waals surface area (Å²) in [6.07, 6.45) is 4.13. The summed E-state index contributed by atoms with van der Waals surface area (Å²) >= 11 is 3.77. The Hall–Kier alpha value is 0.440. The molecular weight excluding hydrogens is 240 g/mol. The molecule has 1 aliphatic rings. The topological polar surface area (TPSA) is 9.23 Å². The SMILES string of the molecule is CCC1(CC)C(Br)CC1OCC(C)C. The van der Waals surface area contributed by atoms with Crippen LogP contribution in [-0.4, -0.2) is 17.5 Å². The number of ether oxygens (including phenoxy) is 1. The molecule has 84 valence electrons. The molecule has 0 amide bonds. The number of halogens is 1. The Bertz CT molecular complexity index is 175. The van der Waals surface area contributed by atoms with Crippen LogP contribution >= 0.6 is 15.9 Å². The van der Waals surface area contributed by atoms with Crippen molar-refractivity contribution in [2.45, 2.75) is 57.9 Å². The van der Waals surface area contributed by atoms with Crippen molar-refractivity contribution in [2.24, 2.45) is 11.3 Å². The van der Waals surface area contributed by atoms with Crippen LogP contribution in [0, 0.1) is 11.3 Å². The molecule has 0 aromatic heterocycles. The molecule has 0 aromatic rings. The largest absolute Gasteiger partial charge is 0.377 e. The molecule has 1 nitrogen and oxygen atoms in total. The molecule has 1 fully saturated rings. The van der Waals surface area contributed by atoms with Crippen LogP contribution in [-0.2, 0) is 4.74 Å². The van der Waals surface area contributed by atoms with Gasteiger partial charge in [0.15, 0.2) is 0 Å². The zero-order chi connectivity index (χ0) is 10.8. The van der Waals surface area contributed by atoms with Crippen molar-refractivity contribution in [1.29, 1.82) is 0 Å². The first kappa shape index (κ1) is 12.5. The number of alkyl halides is 1. The van der Waals surface area contributed by atoms with E-state index >= 15 is 0 Å². The summed E-state index contributed by atoms with van der Waals surface area (Å²) in [5.74, 6) is 0.649. The maximum atomic E-state index is 5.98. The molecule has 0 radical (unpaired) electrons. The average Bonchev–Trinajstić information content (AvgIpc) is 2.14. The van der Waals surface area contributed by atoms with Crippen LogP contribution in [0.1, 0.15) is 47.0 Å². The van der Waals surface area contributed by atoms with Gasteiger partial charge in [-0.05, 0) is 25.2 Å². The predicted octanol–water partition coefficient (Wildman–Crippen LogP) is 4.00. The Morgan fingerprint density at radius 3 is 2.29 bits per heavy atom. The Balaban J connectivity index is 2.47. The number of hydrogen-bond acceptors (Lipinski definition) is 1. The fourth-order valence-electron chi connectivity index (χ4n) is 2.39. The summed E-state index contributed by atoms with van der Waals surface area (Å²) in [6, 6.07) is 0. The van der Waals surface area contributed by atoms with Gasteiger partial charge in [0, 0.05) is 16.8 Å². The van der Waals surface area contributed by atoms with Crippen molar-refractivity contribution in [2.75, 3.05) is 6.61 Å². The summed E-state index contributed by atoms with van der Waals surface area (Å²) in [5, 5.41) is 0. The van der Waals surface area contributed by atoms with E-state index in [1.807, 2.05) is 0 Å². The first-order chi connectivity index (χ1) is 6.56. The van der Waals surface area contributed by atoms with Crippen molar-refractivity contribution in [3.63, 3.8) is 0 Å². The standard InChI is InChI=1S/C12H23BrO/c1-5-12(6-2)10(13)7-11(12)14-8-9(3)4/h9-11H,5-8H2,1-4H3. The summed E-state index contributed by atoms with van der Waals surface area (Å²) in [6.45, 7) is 9.89. The second-order valence-corrected chi connectivity index (χ2v) is 5.96. The second kappa shape index (κ2) is 4.98. The van der Waals surface area contributed by atoms with Crippen LogP contribution in [0.25, 0.3) is 0 Å². The molecular formula is C12H23BrO. The molecule has 2 heteroatoms. The van der Waals surface area contributed by atoms with E-state index in [2.05, 4.69) is 43.6 Å². The third kappa shape index (κ3) is 2.16. The lowest BCUT2D eigenvalue weighted by molar-refractivity contribution is -0.114. The molecule has 14 heavy (non-hydrogen) atoms. The third-order valence-electron chi connectivity index (χ3n) is 3.63. The smallest absolute Gasteiger partial charge is 0.0652 e. The van der Waals surface area contributed by atoms with Gasteiger partial charge in [0.05, 0.1) is 6.10 Å². The summed E-state index contributed by atoms with van der Waals surface area (Å²) < 4.78 is 5.98. The Morgan fingerprint density at radius 2 is 1.93 bits per heavy atom. The zero-order valence-corrected chi connectivity index (χ0v) is 11.4. The van der Waals surface area contributed by atoms with Crippen molar-refractivity contribution in [1.82, 2.24) is 0 Å². The summed E-state index contributed by atoms with van der Waals surface area (Å²) in [4.78, 5) is 0.669. The van der Waals surface area contributed by atoms with Gasteiger partial charge in [-0.15, -0.1) is 0 Å². The minimum Gasteiger partial charge on any atom is -0.377 e. The minimum absolute atomic E-state index is 0.412. The van der Waals surface area contributed by atoms with E-state index < -0.39 is 0 Å². The molecule has 1 rings (SSSR count). The van der Waals surface area contributed by atoms with E-state index in [-0.39, 0.29) is 0 Å². The molecule has 0 spiro atoms. The highest BCUT2D eigenvalue weighted by Crippen LogP contribution is 2.52. The molecule has 1 aliphatic carbocycles. The van der Waals surface area contributed by atoms with E-state index in [1.54, 1.807) is 0 Å². The molecule has 2 unspecified atom stereocenters. The van der Waals surface area contributed by atoms with Crippen molar-refractivity contribution in [3.05, 3.63) is 0 Å². The van der Waals surface area contributed by atoms with Gasteiger partial charge in [-0.25, -0.2) is 0 Å². The average molecular weight is 263 g/mol. The van der Waals surface area contributed by atoms with Crippen LogP contribution in [0.3, 0.4) is 0 Å². The van der Waals surface area contributed by atoms with E-state index in [0.717, 1.165) is 6.61 Å². The molecule has 0 N–H and O–H groups in total. The first-order valence-corrected chi connectivity index (χ1v) is 6.74. The lowest BCUT2D eigenvalue weighted by Gasteiger charge is -2.53. The number of hydrogen-bond donors (Lipinski definition) is 0.